The first-order valence-corrected chi connectivity index (χ1v) is 2.40. The summed E-state index contributed by atoms with van der Waals surface area (Å²) < 4.78 is 4.95. The molecule has 1 unspecified atom stereocenters. The first-order chi connectivity index (χ1) is 2.93. The van der Waals surface area contributed by atoms with Crippen molar-refractivity contribution in [3.05, 3.63) is 6.61 Å². The normalized spacial score (nSPS) is 32.5. The fourth-order valence-corrected chi connectivity index (χ4v) is 0.495. The van der Waals surface area contributed by atoms with Crippen molar-refractivity contribution in [1.82, 2.24) is 0 Å². The lowest BCUT2D eigenvalue weighted by atomic mass is 10.1. The van der Waals surface area contributed by atoms with Crippen LogP contribution in [0.15, 0.2) is 0 Å². The van der Waals surface area contributed by atoms with Crippen LogP contribution < -0.4 is 0 Å². The van der Waals surface area contributed by atoms with Gasteiger partial charge in [0.1, 0.15) is 0 Å². The van der Waals surface area contributed by atoms with Gasteiger partial charge in [0, 0.05) is 6.42 Å². The molecule has 0 N–H and O–H groups in total. The average molecular weight is 85.1 g/mol. The molecule has 0 saturated carbocycles. The van der Waals surface area contributed by atoms with Gasteiger partial charge >= 0.3 is 0 Å². The number of ether oxygens (including phenoxy) is 1. The van der Waals surface area contributed by atoms with Crippen molar-refractivity contribution < 1.29 is 4.74 Å². The molecule has 1 fully saturated rings. The number of hydrogen-bond donors (Lipinski definition) is 0. The molecule has 1 saturated heterocycles. The highest BCUT2D eigenvalue weighted by molar-refractivity contribution is 4.72. The molecule has 0 bridgehead atoms. The molecule has 0 aromatic heterocycles. The van der Waals surface area contributed by atoms with Crippen LogP contribution in [0.5, 0.6) is 0 Å². The minimum absolute atomic E-state index is 0.560. The Morgan fingerprint density at radius 2 is 2.67 bits per heavy atom. The molecule has 35 valence electrons. The minimum Gasteiger partial charge on any atom is -0.372 e. The Kier molecular flexibility index (Phi) is 1.10. The summed E-state index contributed by atoms with van der Waals surface area (Å²) in [5, 5.41) is 0. The molecule has 6 heavy (non-hydrogen) atoms. The molecule has 1 rings (SSSR count). The number of rotatable bonds is 1. The molecule has 1 atom stereocenters. The van der Waals surface area contributed by atoms with Crippen LogP contribution in [0.3, 0.4) is 0 Å². The molecule has 1 aliphatic rings. The van der Waals surface area contributed by atoms with Crippen LogP contribution >= 0.6 is 0 Å². The van der Waals surface area contributed by atoms with E-state index in [-0.39, 0.29) is 0 Å². The highest BCUT2D eigenvalue weighted by Gasteiger charge is 2.14. The quantitative estimate of drug-likeness (QED) is 0.467. The maximum absolute atomic E-state index is 4.95. The van der Waals surface area contributed by atoms with E-state index in [1.165, 1.54) is 0 Å². The van der Waals surface area contributed by atoms with Crippen LogP contribution in [0.4, 0.5) is 0 Å². The van der Waals surface area contributed by atoms with Crippen LogP contribution in [-0.4, -0.2) is 6.10 Å². The summed E-state index contributed by atoms with van der Waals surface area (Å²) in [4.78, 5) is 0. The van der Waals surface area contributed by atoms with Gasteiger partial charge in [-0.05, 0) is 6.42 Å². The monoisotopic (exact) mass is 85.1 g/mol. The molecule has 1 aliphatic heterocycles. The Hall–Kier alpha value is -0.0400. The van der Waals surface area contributed by atoms with E-state index in [2.05, 4.69) is 6.92 Å². The second-order valence-electron chi connectivity index (χ2n) is 1.57. The lowest BCUT2D eigenvalue weighted by Crippen LogP contribution is -2.20. The lowest BCUT2D eigenvalue weighted by molar-refractivity contribution is 0.00666. The molecule has 1 nitrogen and oxygen atoms in total. The molecule has 0 spiro atoms. The predicted molar refractivity (Wildman–Crippen MR) is 24.1 cm³/mol. The lowest BCUT2D eigenvalue weighted by Gasteiger charge is -2.23. The van der Waals surface area contributed by atoms with Crippen molar-refractivity contribution in [2.45, 2.75) is 25.9 Å². The van der Waals surface area contributed by atoms with Crippen LogP contribution in [0, 0.1) is 6.61 Å². The summed E-state index contributed by atoms with van der Waals surface area (Å²) in [6, 6.07) is 0. The van der Waals surface area contributed by atoms with Crippen molar-refractivity contribution in [2.75, 3.05) is 0 Å². The third-order valence-corrected chi connectivity index (χ3v) is 1.10. The van der Waals surface area contributed by atoms with E-state index in [0.29, 0.717) is 6.10 Å². The van der Waals surface area contributed by atoms with Gasteiger partial charge in [-0.3, -0.25) is 0 Å². The van der Waals surface area contributed by atoms with Gasteiger partial charge in [-0.15, -0.1) is 0 Å². The predicted octanol–water partition coefficient (Wildman–Crippen LogP) is 1.35. The summed E-state index contributed by atoms with van der Waals surface area (Å²) in [5.74, 6) is 0. The number of hydrogen-bond acceptors (Lipinski definition) is 1. The molecule has 0 aliphatic carbocycles. The highest BCUT2D eigenvalue weighted by Crippen LogP contribution is 2.17. The fraction of sp³-hybridized carbons (Fsp3) is 0.800. The topological polar surface area (TPSA) is 9.23 Å². The van der Waals surface area contributed by atoms with E-state index >= 15 is 0 Å². The summed E-state index contributed by atoms with van der Waals surface area (Å²) in [6.45, 7) is 3.99. The van der Waals surface area contributed by atoms with Crippen LogP contribution in [-0.2, 0) is 4.74 Å². The molecule has 0 amide bonds. The summed E-state index contributed by atoms with van der Waals surface area (Å²) in [5.41, 5.74) is 0. The van der Waals surface area contributed by atoms with Crippen molar-refractivity contribution in [1.29, 1.82) is 0 Å². The first-order valence-electron chi connectivity index (χ1n) is 2.40. The molecule has 0 aromatic carbocycles. The molecule has 1 heteroatoms. The van der Waals surface area contributed by atoms with Gasteiger partial charge in [-0.2, -0.15) is 0 Å². The van der Waals surface area contributed by atoms with E-state index in [9.17, 15) is 0 Å². The van der Waals surface area contributed by atoms with Crippen molar-refractivity contribution in [3.8, 4) is 0 Å². The zero-order valence-corrected chi connectivity index (χ0v) is 3.98. The fourth-order valence-electron chi connectivity index (χ4n) is 0.495. The van der Waals surface area contributed by atoms with Crippen molar-refractivity contribution in [3.63, 3.8) is 0 Å². The molecule has 1 heterocycles. The Labute approximate surface area is 38.3 Å². The van der Waals surface area contributed by atoms with Gasteiger partial charge in [0.25, 0.3) is 0 Å². The van der Waals surface area contributed by atoms with Crippen molar-refractivity contribution in [2.24, 2.45) is 0 Å². The molecular weight excluding hydrogens is 76.1 g/mol. The van der Waals surface area contributed by atoms with E-state index in [1.54, 1.807) is 0 Å². The van der Waals surface area contributed by atoms with Crippen LogP contribution in [0.2, 0.25) is 0 Å². The Bertz CT molecular complexity index is 36.4. The first kappa shape index (κ1) is 4.13. The van der Waals surface area contributed by atoms with Gasteiger partial charge in [0.2, 0.25) is 0 Å². The third-order valence-electron chi connectivity index (χ3n) is 1.10. The largest absolute Gasteiger partial charge is 0.372 e. The van der Waals surface area contributed by atoms with Gasteiger partial charge in [0.05, 0.1) is 12.7 Å². The van der Waals surface area contributed by atoms with E-state index < -0.39 is 0 Å². The zero-order valence-electron chi connectivity index (χ0n) is 3.98. The Morgan fingerprint density at radius 1 is 2.00 bits per heavy atom. The highest BCUT2D eigenvalue weighted by atomic mass is 16.5. The Balaban J connectivity index is 2.01. The second kappa shape index (κ2) is 1.61. The Morgan fingerprint density at radius 3 is 2.67 bits per heavy atom. The minimum atomic E-state index is 0.560. The third kappa shape index (κ3) is 0.548. The van der Waals surface area contributed by atoms with Gasteiger partial charge in [-0.1, -0.05) is 6.92 Å². The van der Waals surface area contributed by atoms with Crippen molar-refractivity contribution >= 4 is 0 Å². The van der Waals surface area contributed by atoms with Crippen LogP contribution in [0.25, 0.3) is 0 Å². The zero-order chi connectivity index (χ0) is 4.41. The maximum Gasteiger partial charge on any atom is 0.0866 e. The average Bonchev–Trinajstić information content (AvgIpc) is 1.31. The van der Waals surface area contributed by atoms with Gasteiger partial charge < -0.3 is 4.74 Å². The van der Waals surface area contributed by atoms with E-state index in [1.807, 2.05) is 6.61 Å². The van der Waals surface area contributed by atoms with Gasteiger partial charge in [0.15, 0.2) is 0 Å². The van der Waals surface area contributed by atoms with Gasteiger partial charge in [-0.25, -0.2) is 0 Å². The smallest absolute Gasteiger partial charge is 0.0866 e. The standard InChI is InChI=1S/C5H9O/c1-2-5-3-4-6-5/h4-5H,2-3H2,1H3. The second-order valence-corrected chi connectivity index (χ2v) is 1.57. The van der Waals surface area contributed by atoms with E-state index in [4.69, 9.17) is 4.74 Å². The summed E-state index contributed by atoms with van der Waals surface area (Å²) in [7, 11) is 0. The summed E-state index contributed by atoms with van der Waals surface area (Å²) in [6.07, 6.45) is 2.89. The van der Waals surface area contributed by atoms with Crippen LogP contribution in [0.1, 0.15) is 19.8 Å². The summed E-state index contributed by atoms with van der Waals surface area (Å²) >= 11 is 0. The molecule has 0 aromatic rings. The SMILES string of the molecule is CCC1C[CH]O1. The molecular formula is C5H9O. The molecule has 1 radical (unpaired) electrons. The van der Waals surface area contributed by atoms with E-state index in [0.717, 1.165) is 12.8 Å². The maximum atomic E-state index is 4.95.